The largest absolute Gasteiger partial charge is 0.343 e. The molecule has 2 amide bonds. The molecule has 7 nitrogen and oxygen atoms in total. The summed E-state index contributed by atoms with van der Waals surface area (Å²) in [5.41, 5.74) is -0.175. The first-order valence-electron chi connectivity index (χ1n) is 6.74. The Morgan fingerprint density at radius 2 is 2.09 bits per heavy atom. The molecule has 0 aromatic heterocycles. The average Bonchev–Trinajstić information content (AvgIpc) is 2.49. The van der Waals surface area contributed by atoms with Crippen LogP contribution in [0.25, 0.3) is 0 Å². The molecule has 0 bridgehead atoms. The van der Waals surface area contributed by atoms with Gasteiger partial charge in [-0.05, 0) is 12.0 Å². The van der Waals surface area contributed by atoms with E-state index < -0.39 is 22.8 Å². The second-order valence-corrected chi connectivity index (χ2v) is 5.45. The summed E-state index contributed by atoms with van der Waals surface area (Å²) in [5.74, 6) is 1.08. The highest BCUT2D eigenvalue weighted by Gasteiger charge is 2.25. The van der Waals surface area contributed by atoms with Crippen LogP contribution in [0.2, 0.25) is 5.02 Å². The predicted molar refractivity (Wildman–Crippen MR) is 86.0 cm³/mol. The van der Waals surface area contributed by atoms with Crippen molar-refractivity contribution in [2.75, 3.05) is 6.54 Å². The Kier molecular flexibility index (Phi) is 6.54. The van der Waals surface area contributed by atoms with Gasteiger partial charge >= 0.3 is 0 Å². The highest BCUT2D eigenvalue weighted by molar-refractivity contribution is 6.34. The molecule has 1 unspecified atom stereocenters. The van der Waals surface area contributed by atoms with E-state index in [-0.39, 0.29) is 28.7 Å². The molecule has 0 spiro atoms. The van der Waals surface area contributed by atoms with Gasteiger partial charge in [0.2, 0.25) is 5.91 Å². The number of terminal acetylenes is 1. The molecule has 0 aliphatic heterocycles. The van der Waals surface area contributed by atoms with Crippen LogP contribution in [0.1, 0.15) is 24.2 Å². The number of halogens is 1. The summed E-state index contributed by atoms with van der Waals surface area (Å²) in [6, 6.07) is 2.69. The Morgan fingerprint density at radius 3 is 2.57 bits per heavy atom. The maximum absolute atomic E-state index is 12.3. The van der Waals surface area contributed by atoms with Gasteiger partial charge in [0.15, 0.2) is 0 Å². The SMILES string of the molecule is C#CCNC(=O)C(NC(=O)c1ccc([N+](=O)[O-])cc1Cl)C(C)C. The number of non-ortho nitro benzene ring substituents is 1. The summed E-state index contributed by atoms with van der Waals surface area (Å²) in [7, 11) is 0. The maximum atomic E-state index is 12.3. The van der Waals surface area contributed by atoms with Gasteiger partial charge in [-0.3, -0.25) is 19.7 Å². The highest BCUT2D eigenvalue weighted by Crippen LogP contribution is 2.22. The van der Waals surface area contributed by atoms with E-state index in [1.54, 1.807) is 13.8 Å². The Balaban J connectivity index is 2.93. The van der Waals surface area contributed by atoms with Gasteiger partial charge in [0, 0.05) is 12.1 Å². The summed E-state index contributed by atoms with van der Waals surface area (Å²) in [6.07, 6.45) is 5.08. The Morgan fingerprint density at radius 1 is 1.43 bits per heavy atom. The second kappa shape index (κ2) is 8.15. The number of nitrogens with zero attached hydrogens (tertiary/aromatic N) is 1. The van der Waals surface area contributed by atoms with Crippen LogP contribution in [0.3, 0.4) is 0 Å². The average molecular weight is 338 g/mol. The first-order chi connectivity index (χ1) is 10.8. The minimum Gasteiger partial charge on any atom is -0.343 e. The first kappa shape index (κ1) is 18.5. The third-order valence-corrected chi connectivity index (χ3v) is 3.32. The number of nitro benzene ring substituents is 1. The fourth-order valence-electron chi connectivity index (χ4n) is 1.80. The Hall–Kier alpha value is -2.59. The molecule has 0 radical (unpaired) electrons. The van der Waals surface area contributed by atoms with Crippen LogP contribution in [0.4, 0.5) is 5.69 Å². The van der Waals surface area contributed by atoms with E-state index in [2.05, 4.69) is 16.6 Å². The zero-order chi connectivity index (χ0) is 17.6. The van der Waals surface area contributed by atoms with Crippen molar-refractivity contribution in [1.29, 1.82) is 0 Å². The van der Waals surface area contributed by atoms with E-state index >= 15 is 0 Å². The third-order valence-electron chi connectivity index (χ3n) is 3.01. The van der Waals surface area contributed by atoms with Gasteiger partial charge in [0.25, 0.3) is 11.6 Å². The van der Waals surface area contributed by atoms with Gasteiger partial charge in [-0.15, -0.1) is 6.42 Å². The maximum Gasteiger partial charge on any atom is 0.270 e. The molecule has 0 fully saturated rings. The quantitative estimate of drug-likeness (QED) is 0.469. The van der Waals surface area contributed by atoms with Crippen molar-refractivity contribution < 1.29 is 14.5 Å². The molecule has 122 valence electrons. The van der Waals surface area contributed by atoms with Gasteiger partial charge in [0.05, 0.1) is 22.1 Å². The van der Waals surface area contributed by atoms with Gasteiger partial charge in [-0.1, -0.05) is 31.4 Å². The van der Waals surface area contributed by atoms with Crippen molar-refractivity contribution in [1.82, 2.24) is 10.6 Å². The van der Waals surface area contributed by atoms with E-state index in [0.717, 1.165) is 6.07 Å². The lowest BCUT2D eigenvalue weighted by molar-refractivity contribution is -0.384. The van der Waals surface area contributed by atoms with Crippen LogP contribution in [0, 0.1) is 28.4 Å². The Bertz CT molecular complexity index is 667. The van der Waals surface area contributed by atoms with E-state index in [0.29, 0.717) is 0 Å². The molecular weight excluding hydrogens is 322 g/mol. The number of nitro groups is 1. The van der Waals surface area contributed by atoms with Crippen LogP contribution in [0.5, 0.6) is 0 Å². The number of nitrogens with one attached hydrogen (secondary N) is 2. The van der Waals surface area contributed by atoms with Gasteiger partial charge in [0.1, 0.15) is 6.04 Å². The summed E-state index contributed by atoms with van der Waals surface area (Å²) < 4.78 is 0. The van der Waals surface area contributed by atoms with Crippen molar-refractivity contribution in [3.8, 4) is 12.3 Å². The van der Waals surface area contributed by atoms with Crippen molar-refractivity contribution in [3.63, 3.8) is 0 Å². The van der Waals surface area contributed by atoms with Gasteiger partial charge in [-0.25, -0.2) is 0 Å². The molecule has 0 saturated carbocycles. The van der Waals surface area contributed by atoms with Crippen LogP contribution in [0.15, 0.2) is 18.2 Å². The third kappa shape index (κ3) is 4.97. The molecule has 1 atom stereocenters. The molecule has 8 heteroatoms. The number of benzene rings is 1. The van der Waals surface area contributed by atoms with E-state index in [1.807, 2.05) is 0 Å². The van der Waals surface area contributed by atoms with Gasteiger partial charge in [-0.2, -0.15) is 0 Å². The van der Waals surface area contributed by atoms with Crippen LogP contribution in [-0.2, 0) is 4.79 Å². The summed E-state index contributed by atoms with van der Waals surface area (Å²) in [6.45, 7) is 3.58. The van der Waals surface area contributed by atoms with Crippen LogP contribution >= 0.6 is 11.6 Å². The van der Waals surface area contributed by atoms with Crippen molar-refractivity contribution in [2.45, 2.75) is 19.9 Å². The normalized spacial score (nSPS) is 11.4. The lowest BCUT2D eigenvalue weighted by Gasteiger charge is -2.21. The molecule has 0 aliphatic carbocycles. The van der Waals surface area contributed by atoms with Crippen molar-refractivity contribution in [3.05, 3.63) is 38.9 Å². The highest BCUT2D eigenvalue weighted by atomic mass is 35.5. The summed E-state index contributed by atoms with van der Waals surface area (Å²) in [5, 5.41) is 15.7. The van der Waals surface area contributed by atoms with Crippen LogP contribution < -0.4 is 10.6 Å². The monoisotopic (exact) mass is 337 g/mol. The lowest BCUT2D eigenvalue weighted by atomic mass is 10.0. The topological polar surface area (TPSA) is 101 Å². The van der Waals surface area contributed by atoms with Crippen LogP contribution in [-0.4, -0.2) is 29.3 Å². The molecule has 23 heavy (non-hydrogen) atoms. The minimum atomic E-state index is -0.804. The number of carbonyl (C=O) groups is 2. The van der Waals surface area contributed by atoms with Gasteiger partial charge < -0.3 is 10.6 Å². The Labute approximate surface area is 138 Å². The zero-order valence-corrected chi connectivity index (χ0v) is 13.4. The predicted octanol–water partition coefficient (Wildman–Crippen LogP) is 1.75. The molecule has 1 aromatic carbocycles. The number of amides is 2. The fraction of sp³-hybridized carbons (Fsp3) is 0.333. The minimum absolute atomic E-state index is 0.0488. The van der Waals surface area contributed by atoms with E-state index in [9.17, 15) is 19.7 Å². The molecule has 0 aliphatic rings. The number of hydrogen-bond acceptors (Lipinski definition) is 4. The smallest absolute Gasteiger partial charge is 0.270 e. The zero-order valence-electron chi connectivity index (χ0n) is 12.6. The summed E-state index contributed by atoms with van der Waals surface area (Å²) in [4.78, 5) is 34.3. The number of hydrogen-bond donors (Lipinski definition) is 2. The van der Waals surface area contributed by atoms with E-state index in [1.165, 1.54) is 12.1 Å². The molecule has 1 aromatic rings. The number of rotatable bonds is 6. The first-order valence-corrected chi connectivity index (χ1v) is 7.11. The molecular formula is C15H16ClN3O4. The van der Waals surface area contributed by atoms with E-state index in [4.69, 9.17) is 18.0 Å². The van der Waals surface area contributed by atoms with Crippen molar-refractivity contribution in [2.24, 2.45) is 5.92 Å². The summed E-state index contributed by atoms with van der Waals surface area (Å²) >= 11 is 5.90. The second-order valence-electron chi connectivity index (χ2n) is 5.04. The molecule has 0 heterocycles. The lowest BCUT2D eigenvalue weighted by Crippen LogP contribution is -2.49. The fourth-order valence-corrected chi connectivity index (χ4v) is 2.06. The van der Waals surface area contributed by atoms with Crippen molar-refractivity contribution >= 4 is 29.1 Å². The molecule has 2 N–H and O–H groups in total. The standard InChI is InChI=1S/C15H16ClN3O4/c1-4-7-17-15(21)13(9(2)3)18-14(20)11-6-5-10(19(22)23)8-12(11)16/h1,5-6,8-9,13H,7H2,2-3H3,(H,17,21)(H,18,20). The number of carbonyl (C=O) groups excluding carboxylic acids is 2. The molecule has 1 rings (SSSR count). The molecule has 0 saturated heterocycles.